The van der Waals surface area contributed by atoms with Gasteiger partial charge in [-0.2, -0.15) is 0 Å². The molecule has 1 atom stereocenters. The van der Waals surface area contributed by atoms with Crippen LogP contribution >= 0.6 is 0 Å². The highest BCUT2D eigenvalue weighted by Gasteiger charge is 2.43. The van der Waals surface area contributed by atoms with Gasteiger partial charge in [0.25, 0.3) is 11.5 Å². The van der Waals surface area contributed by atoms with Gasteiger partial charge in [-0.15, -0.1) is 0 Å². The van der Waals surface area contributed by atoms with Gasteiger partial charge in [0.05, 0.1) is 5.56 Å². The van der Waals surface area contributed by atoms with Crippen LogP contribution in [0.2, 0.25) is 0 Å². The van der Waals surface area contributed by atoms with Crippen molar-refractivity contribution in [2.24, 2.45) is 13.0 Å². The lowest BCUT2D eigenvalue weighted by Crippen LogP contribution is -2.39. The topological polar surface area (TPSA) is 77.1 Å². The number of fused-ring (bicyclic) bond motifs is 2. The minimum absolute atomic E-state index is 0.204. The summed E-state index contributed by atoms with van der Waals surface area (Å²) in [6.07, 6.45) is 2.40. The molecular formula is C26H23N3O3. The van der Waals surface area contributed by atoms with Crippen molar-refractivity contribution in [2.75, 3.05) is 6.54 Å². The Morgan fingerprint density at radius 1 is 1.09 bits per heavy atom. The number of amides is 1. The molecule has 2 aromatic carbocycles. The molecule has 160 valence electrons. The van der Waals surface area contributed by atoms with Crippen molar-refractivity contribution in [3.05, 3.63) is 98.8 Å². The molecule has 6 heteroatoms. The molecule has 0 saturated heterocycles. The van der Waals surface area contributed by atoms with Crippen LogP contribution in [0.15, 0.2) is 64.1 Å². The maximum absolute atomic E-state index is 13.2. The standard InChI is InChI=1S/C26H23N3O3/c1-14-21(23-25(32-14)28-13-29(2)26(23)31)24(30)27-12-15-11-20-16-7-3-5-9-18(16)22(15)19-10-6-4-8-17(19)20/h3-10,13,15,20,22H,11-12H2,1-2H3,(H,27,30). The number of benzene rings is 2. The van der Waals surface area contributed by atoms with Crippen molar-refractivity contribution in [2.45, 2.75) is 25.2 Å². The van der Waals surface area contributed by atoms with E-state index in [1.807, 2.05) is 0 Å². The third-order valence-electron chi connectivity index (χ3n) is 7.12. The highest BCUT2D eigenvalue weighted by atomic mass is 16.3. The monoisotopic (exact) mass is 425 g/mol. The molecule has 0 aliphatic heterocycles. The summed E-state index contributed by atoms with van der Waals surface area (Å²) in [6, 6.07) is 17.3. The summed E-state index contributed by atoms with van der Waals surface area (Å²) >= 11 is 0. The van der Waals surface area contributed by atoms with Crippen molar-refractivity contribution < 1.29 is 9.21 Å². The van der Waals surface area contributed by atoms with Crippen LogP contribution in [-0.2, 0) is 7.05 Å². The van der Waals surface area contributed by atoms with Crippen molar-refractivity contribution in [1.82, 2.24) is 14.9 Å². The van der Waals surface area contributed by atoms with Gasteiger partial charge in [-0.1, -0.05) is 48.5 Å². The lowest BCUT2D eigenvalue weighted by Gasteiger charge is -2.45. The first kappa shape index (κ1) is 19.0. The van der Waals surface area contributed by atoms with Gasteiger partial charge >= 0.3 is 0 Å². The number of nitrogens with one attached hydrogen (secondary N) is 1. The van der Waals surface area contributed by atoms with Gasteiger partial charge in [0.15, 0.2) is 0 Å². The predicted molar refractivity (Wildman–Crippen MR) is 121 cm³/mol. The van der Waals surface area contributed by atoms with E-state index in [0.29, 0.717) is 18.2 Å². The Morgan fingerprint density at radius 2 is 1.72 bits per heavy atom. The molecule has 1 unspecified atom stereocenters. The van der Waals surface area contributed by atoms with Gasteiger partial charge in [-0.3, -0.25) is 9.59 Å². The lowest BCUT2D eigenvalue weighted by atomic mass is 9.59. The number of hydrogen-bond donors (Lipinski definition) is 1. The average Bonchev–Trinajstić information content (AvgIpc) is 3.17. The molecule has 2 bridgehead atoms. The summed E-state index contributed by atoms with van der Waals surface area (Å²) in [5.41, 5.74) is 5.76. The first-order chi connectivity index (χ1) is 15.5. The minimum atomic E-state index is -0.283. The molecule has 2 heterocycles. The fourth-order valence-electron chi connectivity index (χ4n) is 5.73. The van der Waals surface area contributed by atoms with Crippen LogP contribution < -0.4 is 10.9 Å². The van der Waals surface area contributed by atoms with Crippen LogP contribution in [0.1, 0.15) is 56.6 Å². The number of nitrogens with zero attached hydrogens (tertiary/aromatic N) is 2. The third kappa shape index (κ3) is 2.62. The van der Waals surface area contributed by atoms with Gasteiger partial charge < -0.3 is 14.3 Å². The molecule has 0 radical (unpaired) electrons. The van der Waals surface area contributed by atoms with Gasteiger partial charge in [-0.05, 0) is 41.5 Å². The highest BCUT2D eigenvalue weighted by Crippen LogP contribution is 2.55. The minimum Gasteiger partial charge on any atom is -0.442 e. The maximum Gasteiger partial charge on any atom is 0.265 e. The van der Waals surface area contributed by atoms with E-state index in [9.17, 15) is 9.59 Å². The zero-order valence-corrected chi connectivity index (χ0v) is 18.0. The molecule has 0 spiro atoms. The van der Waals surface area contributed by atoms with E-state index in [0.717, 1.165) is 6.42 Å². The number of rotatable bonds is 3. The van der Waals surface area contributed by atoms with Crippen molar-refractivity contribution in [1.29, 1.82) is 0 Å². The molecule has 3 aliphatic rings. The number of hydrogen-bond acceptors (Lipinski definition) is 4. The summed E-state index contributed by atoms with van der Waals surface area (Å²) < 4.78 is 6.97. The van der Waals surface area contributed by atoms with Crippen molar-refractivity contribution >= 4 is 17.0 Å². The van der Waals surface area contributed by atoms with Crippen LogP contribution in [-0.4, -0.2) is 22.0 Å². The van der Waals surface area contributed by atoms with E-state index in [1.54, 1.807) is 14.0 Å². The largest absolute Gasteiger partial charge is 0.442 e. The number of aromatic nitrogens is 2. The Bertz CT molecular complexity index is 1400. The first-order valence-electron chi connectivity index (χ1n) is 10.9. The van der Waals surface area contributed by atoms with Gasteiger partial charge in [0.2, 0.25) is 5.71 Å². The third-order valence-corrected chi connectivity index (χ3v) is 7.12. The molecule has 6 nitrogen and oxygen atoms in total. The van der Waals surface area contributed by atoms with Crippen LogP contribution in [0.4, 0.5) is 0 Å². The molecule has 2 aromatic heterocycles. The Kier molecular flexibility index (Phi) is 4.12. The van der Waals surface area contributed by atoms with E-state index in [2.05, 4.69) is 58.8 Å². The SMILES string of the molecule is Cc1oc2ncn(C)c(=O)c2c1C(=O)NCC1CC2c3ccccc3C1c1ccccc12. The molecule has 4 aromatic rings. The maximum atomic E-state index is 13.2. The average molecular weight is 425 g/mol. The normalized spacial score (nSPS) is 20.8. The molecular weight excluding hydrogens is 402 g/mol. The molecule has 1 N–H and O–H groups in total. The predicted octanol–water partition coefficient (Wildman–Crippen LogP) is 3.86. The summed E-state index contributed by atoms with van der Waals surface area (Å²) in [5.74, 6) is 1.02. The first-order valence-corrected chi connectivity index (χ1v) is 10.9. The summed E-state index contributed by atoms with van der Waals surface area (Å²) in [7, 11) is 1.62. The van der Waals surface area contributed by atoms with Crippen LogP contribution in [0, 0.1) is 12.8 Å². The Balaban J connectivity index is 1.33. The van der Waals surface area contributed by atoms with E-state index in [1.165, 1.54) is 33.1 Å². The molecule has 1 amide bonds. The molecule has 3 aliphatic carbocycles. The van der Waals surface area contributed by atoms with Crippen molar-refractivity contribution in [3.8, 4) is 0 Å². The molecule has 7 rings (SSSR count). The lowest BCUT2D eigenvalue weighted by molar-refractivity contribution is 0.0942. The summed E-state index contributed by atoms with van der Waals surface area (Å²) in [4.78, 5) is 30.0. The Hall–Kier alpha value is -3.67. The van der Waals surface area contributed by atoms with Gasteiger partial charge in [-0.25, -0.2) is 4.98 Å². The molecule has 0 saturated carbocycles. The zero-order valence-electron chi connectivity index (χ0n) is 18.0. The second-order valence-corrected chi connectivity index (χ2v) is 8.87. The second kappa shape index (κ2) is 6.92. The fraction of sp³-hybridized carbons (Fsp3) is 0.269. The van der Waals surface area contributed by atoms with E-state index < -0.39 is 0 Å². The second-order valence-electron chi connectivity index (χ2n) is 8.87. The Morgan fingerprint density at radius 3 is 2.38 bits per heavy atom. The number of aryl methyl sites for hydroxylation is 2. The number of furan rings is 1. The van der Waals surface area contributed by atoms with Gasteiger partial charge in [0.1, 0.15) is 17.5 Å². The summed E-state index contributed by atoms with van der Waals surface area (Å²) in [5, 5.41) is 3.35. The van der Waals surface area contributed by atoms with Crippen LogP contribution in [0.25, 0.3) is 11.1 Å². The van der Waals surface area contributed by atoms with Crippen molar-refractivity contribution in [3.63, 3.8) is 0 Å². The van der Waals surface area contributed by atoms with Crippen LogP contribution in [0.3, 0.4) is 0 Å². The quantitative estimate of drug-likeness (QED) is 0.541. The van der Waals surface area contributed by atoms with Crippen LogP contribution in [0.5, 0.6) is 0 Å². The molecule has 0 fully saturated rings. The highest BCUT2D eigenvalue weighted by molar-refractivity contribution is 6.06. The zero-order chi connectivity index (χ0) is 22.0. The number of carbonyl (C=O) groups is 1. The van der Waals surface area contributed by atoms with E-state index in [4.69, 9.17) is 4.42 Å². The molecule has 32 heavy (non-hydrogen) atoms. The fourth-order valence-corrected chi connectivity index (χ4v) is 5.73. The van der Waals surface area contributed by atoms with Gasteiger partial charge in [0, 0.05) is 25.4 Å². The summed E-state index contributed by atoms with van der Waals surface area (Å²) in [6.45, 7) is 2.24. The number of carbonyl (C=O) groups excluding carboxylic acids is 1. The smallest absolute Gasteiger partial charge is 0.265 e. The van der Waals surface area contributed by atoms with E-state index >= 15 is 0 Å². The Labute approximate surface area is 184 Å². The van der Waals surface area contributed by atoms with E-state index in [-0.39, 0.29) is 40.0 Å².